The van der Waals surface area contributed by atoms with Crippen molar-refractivity contribution in [2.75, 3.05) is 0 Å². The number of aldehydes is 1. The van der Waals surface area contributed by atoms with Crippen molar-refractivity contribution in [3.05, 3.63) is 33.7 Å². The molecule has 0 amide bonds. The summed E-state index contributed by atoms with van der Waals surface area (Å²) in [4.78, 5) is 11.9. The van der Waals surface area contributed by atoms with E-state index in [2.05, 4.69) is 0 Å². The van der Waals surface area contributed by atoms with Crippen molar-refractivity contribution in [2.45, 2.75) is 6.92 Å². The molecular weight excluding hydrogens is 204 g/mol. The normalized spacial score (nSPS) is 10.6. The fourth-order valence-electron chi connectivity index (χ4n) is 1.36. The first kappa shape index (κ1) is 8.73. The van der Waals surface area contributed by atoms with E-state index in [9.17, 15) is 4.79 Å². The molecule has 1 aromatic carbocycles. The molecular formula is C10H7ClOS. The van der Waals surface area contributed by atoms with Gasteiger partial charge in [0.1, 0.15) is 0 Å². The summed E-state index contributed by atoms with van der Waals surface area (Å²) in [6.07, 6.45) is 0.851. The van der Waals surface area contributed by atoms with Crippen molar-refractivity contribution in [3.63, 3.8) is 0 Å². The Morgan fingerprint density at radius 1 is 1.38 bits per heavy atom. The molecule has 13 heavy (non-hydrogen) atoms. The number of halogens is 1. The number of aryl methyl sites for hydroxylation is 1. The second kappa shape index (κ2) is 3.13. The first-order valence-corrected chi connectivity index (χ1v) is 5.05. The maximum absolute atomic E-state index is 10.7. The minimum Gasteiger partial charge on any atom is -0.298 e. The Bertz CT molecular complexity index is 473. The molecule has 0 spiro atoms. The van der Waals surface area contributed by atoms with Crippen molar-refractivity contribution in [1.29, 1.82) is 0 Å². The molecule has 0 N–H and O–H groups in total. The Hall–Kier alpha value is -0.860. The molecule has 1 heterocycles. The average Bonchev–Trinajstić information content (AvgIpc) is 2.43. The van der Waals surface area contributed by atoms with Gasteiger partial charge in [-0.15, -0.1) is 11.3 Å². The van der Waals surface area contributed by atoms with E-state index < -0.39 is 0 Å². The van der Waals surface area contributed by atoms with Gasteiger partial charge in [-0.25, -0.2) is 0 Å². The number of hydrogen-bond acceptors (Lipinski definition) is 2. The van der Waals surface area contributed by atoms with Crippen LogP contribution in [0.2, 0.25) is 5.02 Å². The highest BCUT2D eigenvalue weighted by Crippen LogP contribution is 2.30. The van der Waals surface area contributed by atoms with Gasteiger partial charge in [0.05, 0.1) is 0 Å². The van der Waals surface area contributed by atoms with E-state index >= 15 is 0 Å². The maximum Gasteiger partial charge on any atom is 0.151 e. The molecule has 0 unspecified atom stereocenters. The summed E-state index contributed by atoms with van der Waals surface area (Å²) in [7, 11) is 0. The molecule has 0 fully saturated rings. The van der Waals surface area contributed by atoms with Gasteiger partial charge in [-0.2, -0.15) is 0 Å². The smallest absolute Gasteiger partial charge is 0.151 e. The van der Waals surface area contributed by atoms with Gasteiger partial charge in [0.15, 0.2) is 6.29 Å². The standard InChI is InChI=1S/C10H7ClOS/c1-6-2-7-3-9(11)4-8(5-12)10(7)13-6/h2-5H,1H3. The van der Waals surface area contributed by atoms with E-state index in [0.29, 0.717) is 10.6 Å². The van der Waals surface area contributed by atoms with Gasteiger partial charge in [0.25, 0.3) is 0 Å². The van der Waals surface area contributed by atoms with Crippen LogP contribution in [-0.4, -0.2) is 6.29 Å². The van der Waals surface area contributed by atoms with Crippen LogP contribution in [0, 0.1) is 6.92 Å². The Labute approximate surface area is 84.9 Å². The van der Waals surface area contributed by atoms with Gasteiger partial charge in [0, 0.05) is 20.2 Å². The van der Waals surface area contributed by atoms with Crippen LogP contribution in [0.1, 0.15) is 15.2 Å². The fraction of sp³-hybridized carbons (Fsp3) is 0.100. The minimum absolute atomic E-state index is 0.618. The van der Waals surface area contributed by atoms with Gasteiger partial charge in [0.2, 0.25) is 0 Å². The second-order valence-electron chi connectivity index (χ2n) is 2.89. The van der Waals surface area contributed by atoms with Crippen LogP contribution < -0.4 is 0 Å². The number of benzene rings is 1. The molecule has 0 radical (unpaired) electrons. The number of carbonyl (C=O) groups is 1. The fourth-order valence-corrected chi connectivity index (χ4v) is 2.56. The SMILES string of the molecule is Cc1cc2cc(Cl)cc(C=O)c2s1. The number of fused-ring (bicyclic) bond motifs is 1. The summed E-state index contributed by atoms with van der Waals surface area (Å²) < 4.78 is 1.02. The Balaban J connectivity index is 2.88. The highest BCUT2D eigenvalue weighted by molar-refractivity contribution is 7.19. The van der Waals surface area contributed by atoms with E-state index in [0.717, 1.165) is 16.4 Å². The number of rotatable bonds is 1. The van der Waals surface area contributed by atoms with Gasteiger partial charge in [-0.3, -0.25) is 4.79 Å². The molecule has 0 saturated heterocycles. The number of thiophene rings is 1. The van der Waals surface area contributed by atoms with Crippen LogP contribution in [0.15, 0.2) is 18.2 Å². The van der Waals surface area contributed by atoms with Crippen LogP contribution in [-0.2, 0) is 0 Å². The zero-order chi connectivity index (χ0) is 9.42. The quantitative estimate of drug-likeness (QED) is 0.657. The molecule has 0 saturated carbocycles. The molecule has 2 rings (SSSR count). The van der Waals surface area contributed by atoms with Crippen LogP contribution in [0.4, 0.5) is 0 Å². The lowest BCUT2D eigenvalue weighted by atomic mass is 10.2. The van der Waals surface area contributed by atoms with Gasteiger partial charge in [-0.05, 0) is 30.5 Å². The predicted molar refractivity (Wildman–Crippen MR) is 57.0 cm³/mol. The maximum atomic E-state index is 10.7. The second-order valence-corrected chi connectivity index (χ2v) is 4.58. The third-order valence-electron chi connectivity index (χ3n) is 1.86. The minimum atomic E-state index is 0.618. The average molecular weight is 211 g/mol. The van der Waals surface area contributed by atoms with E-state index in [1.165, 1.54) is 4.88 Å². The summed E-state index contributed by atoms with van der Waals surface area (Å²) in [5, 5.41) is 1.67. The first-order chi connectivity index (χ1) is 6.20. The van der Waals surface area contributed by atoms with Gasteiger partial charge < -0.3 is 0 Å². The van der Waals surface area contributed by atoms with E-state index in [-0.39, 0.29) is 0 Å². The highest BCUT2D eigenvalue weighted by Gasteiger charge is 2.05. The first-order valence-electron chi connectivity index (χ1n) is 3.85. The largest absolute Gasteiger partial charge is 0.298 e. The van der Waals surface area contributed by atoms with Crippen molar-refractivity contribution in [3.8, 4) is 0 Å². The third kappa shape index (κ3) is 1.47. The summed E-state index contributed by atoms with van der Waals surface area (Å²) in [6, 6.07) is 5.62. The van der Waals surface area contributed by atoms with Crippen LogP contribution in [0.5, 0.6) is 0 Å². The molecule has 1 nitrogen and oxygen atoms in total. The Morgan fingerprint density at radius 3 is 2.85 bits per heavy atom. The summed E-state index contributed by atoms with van der Waals surface area (Å²) in [5.74, 6) is 0. The topological polar surface area (TPSA) is 17.1 Å². The molecule has 0 atom stereocenters. The Kier molecular flexibility index (Phi) is 2.10. The lowest BCUT2D eigenvalue weighted by molar-refractivity contribution is 0.112. The molecule has 0 aliphatic heterocycles. The lowest BCUT2D eigenvalue weighted by Gasteiger charge is -1.94. The van der Waals surface area contributed by atoms with Crippen molar-refractivity contribution >= 4 is 39.3 Å². The number of carbonyl (C=O) groups excluding carboxylic acids is 1. The zero-order valence-electron chi connectivity index (χ0n) is 7.00. The van der Waals surface area contributed by atoms with Gasteiger partial charge >= 0.3 is 0 Å². The third-order valence-corrected chi connectivity index (χ3v) is 3.19. The van der Waals surface area contributed by atoms with Crippen molar-refractivity contribution < 1.29 is 4.79 Å². The van der Waals surface area contributed by atoms with Crippen molar-refractivity contribution in [1.82, 2.24) is 0 Å². The van der Waals surface area contributed by atoms with Crippen LogP contribution >= 0.6 is 22.9 Å². The molecule has 1 aromatic heterocycles. The monoisotopic (exact) mass is 210 g/mol. The molecule has 2 aromatic rings. The zero-order valence-corrected chi connectivity index (χ0v) is 8.58. The summed E-state index contributed by atoms with van der Waals surface area (Å²) in [6.45, 7) is 2.02. The Morgan fingerprint density at radius 2 is 2.15 bits per heavy atom. The predicted octanol–water partition coefficient (Wildman–Crippen LogP) is 3.68. The summed E-state index contributed by atoms with van der Waals surface area (Å²) >= 11 is 7.48. The molecule has 3 heteroatoms. The molecule has 0 bridgehead atoms. The van der Waals surface area contributed by atoms with Crippen LogP contribution in [0.3, 0.4) is 0 Å². The lowest BCUT2D eigenvalue weighted by Crippen LogP contribution is -1.78. The van der Waals surface area contributed by atoms with E-state index in [1.54, 1.807) is 17.4 Å². The summed E-state index contributed by atoms with van der Waals surface area (Å²) in [5.41, 5.74) is 0.681. The molecule has 0 aliphatic rings. The molecule has 66 valence electrons. The number of hydrogen-bond donors (Lipinski definition) is 0. The van der Waals surface area contributed by atoms with Crippen molar-refractivity contribution in [2.24, 2.45) is 0 Å². The van der Waals surface area contributed by atoms with E-state index in [4.69, 9.17) is 11.6 Å². The highest BCUT2D eigenvalue weighted by atomic mass is 35.5. The van der Waals surface area contributed by atoms with Gasteiger partial charge in [-0.1, -0.05) is 11.6 Å². The molecule has 0 aliphatic carbocycles. The van der Waals surface area contributed by atoms with Crippen LogP contribution in [0.25, 0.3) is 10.1 Å². The van der Waals surface area contributed by atoms with E-state index in [1.807, 2.05) is 19.1 Å².